The molecule has 35 heavy (non-hydrogen) atoms. The number of ketones is 1. The fraction of sp³-hybridized carbons (Fsp3) is 0.520. The van der Waals surface area contributed by atoms with E-state index >= 15 is 0 Å². The van der Waals surface area contributed by atoms with Crippen molar-refractivity contribution < 1.29 is 28.6 Å². The Hall–Kier alpha value is -3.27. The standard InChI is InChI=1S/C25H30FN3O6/c1-28-18-10-9-17(34-2)14-29-24(18)27-22(23(32)25(29)33)19(30)11-7-15-6-8-16(26)13-20(15)35-12-4-3-5-21(28)31/h6,8,13,17-18,32H,3-5,7,9-12,14H2,1-2H3/t17-,18?/m0/s1. The third kappa shape index (κ3) is 5.22. The lowest BCUT2D eigenvalue weighted by atomic mass is 10.0. The van der Waals surface area contributed by atoms with Crippen LogP contribution in [0.2, 0.25) is 0 Å². The van der Waals surface area contributed by atoms with Gasteiger partial charge in [-0.15, -0.1) is 0 Å². The lowest BCUT2D eigenvalue weighted by Crippen LogP contribution is -2.36. The average molecular weight is 488 g/mol. The van der Waals surface area contributed by atoms with Crippen molar-refractivity contribution in [2.75, 3.05) is 20.8 Å². The molecule has 2 aliphatic rings. The Labute approximate surface area is 202 Å². The van der Waals surface area contributed by atoms with Crippen LogP contribution < -0.4 is 10.3 Å². The molecule has 4 rings (SSSR count). The first-order chi connectivity index (χ1) is 16.8. The third-order valence-electron chi connectivity index (χ3n) is 6.77. The Morgan fingerprint density at radius 2 is 1.94 bits per heavy atom. The molecule has 0 aliphatic carbocycles. The SMILES string of the molecule is CO[C@H]1CCC2c3nc(c(O)c(=O)n3C1)C(=O)CCc1ccc(F)cc1OCCCCC(=O)N2C. The van der Waals surface area contributed by atoms with E-state index in [1.807, 2.05) is 0 Å². The van der Waals surface area contributed by atoms with Crippen LogP contribution in [0, 0.1) is 5.82 Å². The van der Waals surface area contributed by atoms with E-state index in [1.165, 1.54) is 16.7 Å². The Morgan fingerprint density at radius 1 is 1.14 bits per heavy atom. The number of Topliss-reactive ketones (excluding diaryl/α,β-unsaturated/α-hetero) is 1. The summed E-state index contributed by atoms with van der Waals surface area (Å²) in [5.74, 6) is -1.24. The summed E-state index contributed by atoms with van der Waals surface area (Å²) in [6, 6.07) is 3.57. The van der Waals surface area contributed by atoms with Crippen molar-refractivity contribution in [2.24, 2.45) is 0 Å². The van der Waals surface area contributed by atoms with Gasteiger partial charge < -0.3 is 19.5 Å². The Balaban J connectivity index is 1.78. The molecule has 0 fully saturated rings. The zero-order valence-corrected chi connectivity index (χ0v) is 20.0. The van der Waals surface area contributed by atoms with Gasteiger partial charge in [0.05, 0.1) is 25.3 Å². The van der Waals surface area contributed by atoms with E-state index in [-0.39, 0.29) is 49.3 Å². The molecule has 1 N–H and O–H groups in total. The third-order valence-corrected chi connectivity index (χ3v) is 6.77. The summed E-state index contributed by atoms with van der Waals surface area (Å²) in [5, 5.41) is 10.6. The smallest absolute Gasteiger partial charge is 0.296 e. The second kappa shape index (κ2) is 10.6. The first-order valence-electron chi connectivity index (χ1n) is 11.9. The first kappa shape index (κ1) is 24.8. The molecule has 1 aromatic heterocycles. The summed E-state index contributed by atoms with van der Waals surface area (Å²) >= 11 is 0. The van der Waals surface area contributed by atoms with Gasteiger partial charge in [0.25, 0.3) is 5.56 Å². The van der Waals surface area contributed by atoms with Gasteiger partial charge in [0.15, 0.2) is 11.5 Å². The molecule has 0 saturated heterocycles. The zero-order valence-electron chi connectivity index (χ0n) is 20.0. The van der Waals surface area contributed by atoms with E-state index in [2.05, 4.69) is 4.98 Å². The summed E-state index contributed by atoms with van der Waals surface area (Å²) in [6.07, 6.45) is 2.35. The number of aromatic nitrogens is 2. The number of ether oxygens (including phenoxy) is 2. The van der Waals surface area contributed by atoms with Crippen LogP contribution in [-0.2, 0) is 22.5 Å². The fourth-order valence-electron chi connectivity index (χ4n) is 4.66. The molecule has 3 heterocycles. The van der Waals surface area contributed by atoms with Crippen LogP contribution in [0.5, 0.6) is 11.5 Å². The molecular formula is C25H30FN3O6. The highest BCUT2D eigenvalue weighted by Gasteiger charge is 2.33. The van der Waals surface area contributed by atoms with Gasteiger partial charge >= 0.3 is 0 Å². The van der Waals surface area contributed by atoms with Crippen molar-refractivity contribution >= 4 is 11.7 Å². The van der Waals surface area contributed by atoms with Gasteiger partial charge in [0, 0.05) is 33.1 Å². The van der Waals surface area contributed by atoms with Gasteiger partial charge in [-0.1, -0.05) is 6.07 Å². The number of aromatic hydroxyl groups is 1. The molecule has 1 unspecified atom stereocenters. The molecule has 10 heteroatoms. The van der Waals surface area contributed by atoms with Crippen molar-refractivity contribution in [2.45, 2.75) is 63.6 Å². The van der Waals surface area contributed by atoms with Crippen LogP contribution >= 0.6 is 0 Å². The van der Waals surface area contributed by atoms with Gasteiger partial charge in [0.1, 0.15) is 17.4 Å². The zero-order chi connectivity index (χ0) is 25.1. The maximum Gasteiger partial charge on any atom is 0.296 e. The first-order valence-corrected chi connectivity index (χ1v) is 11.9. The van der Waals surface area contributed by atoms with Gasteiger partial charge in [0.2, 0.25) is 11.7 Å². The van der Waals surface area contributed by atoms with E-state index in [1.54, 1.807) is 25.1 Å². The van der Waals surface area contributed by atoms with Crippen LogP contribution in [0.1, 0.15) is 66.4 Å². The van der Waals surface area contributed by atoms with Crippen LogP contribution in [0.4, 0.5) is 4.39 Å². The quantitative estimate of drug-likeness (QED) is 0.658. The number of hydrogen-bond donors (Lipinski definition) is 1. The molecule has 2 aliphatic heterocycles. The molecule has 0 radical (unpaired) electrons. The number of nitrogens with zero attached hydrogens (tertiary/aromatic N) is 3. The minimum Gasteiger partial charge on any atom is -0.501 e. The lowest BCUT2D eigenvalue weighted by molar-refractivity contribution is -0.132. The molecule has 9 nitrogen and oxygen atoms in total. The summed E-state index contributed by atoms with van der Waals surface area (Å²) in [6.45, 7) is 0.468. The van der Waals surface area contributed by atoms with Crippen LogP contribution in [-0.4, -0.2) is 58.1 Å². The van der Waals surface area contributed by atoms with Gasteiger partial charge in [-0.25, -0.2) is 9.37 Å². The summed E-state index contributed by atoms with van der Waals surface area (Å²) < 4.78 is 26.4. The predicted octanol–water partition coefficient (Wildman–Crippen LogP) is 2.77. The van der Waals surface area contributed by atoms with E-state index in [4.69, 9.17) is 9.47 Å². The van der Waals surface area contributed by atoms with Gasteiger partial charge in [-0.05, 0) is 43.7 Å². The predicted molar refractivity (Wildman–Crippen MR) is 124 cm³/mol. The second-order valence-electron chi connectivity index (χ2n) is 9.02. The van der Waals surface area contributed by atoms with E-state index in [9.17, 15) is 23.9 Å². The molecule has 0 spiro atoms. The minimum atomic E-state index is -0.736. The number of carbonyl (C=O) groups excluding carboxylic acids is 2. The average Bonchev–Trinajstić information content (AvgIpc) is 3.03. The largest absolute Gasteiger partial charge is 0.501 e. The summed E-state index contributed by atoms with van der Waals surface area (Å²) in [5.41, 5.74) is -0.422. The Kier molecular flexibility index (Phi) is 7.49. The summed E-state index contributed by atoms with van der Waals surface area (Å²) in [4.78, 5) is 45.3. The van der Waals surface area contributed by atoms with E-state index < -0.39 is 29.0 Å². The maximum absolute atomic E-state index is 13.8. The Morgan fingerprint density at radius 3 is 2.71 bits per heavy atom. The topological polar surface area (TPSA) is 111 Å². The normalized spacial score (nSPS) is 21.7. The van der Waals surface area contributed by atoms with Crippen molar-refractivity contribution in [1.82, 2.24) is 14.5 Å². The minimum absolute atomic E-state index is 0.0639. The molecule has 1 aromatic carbocycles. The molecule has 1 amide bonds. The maximum atomic E-state index is 13.8. The monoisotopic (exact) mass is 487 g/mol. The fourth-order valence-corrected chi connectivity index (χ4v) is 4.66. The number of benzene rings is 1. The number of amides is 1. The number of hydrogen-bond acceptors (Lipinski definition) is 7. The number of fused-ring (bicyclic) bond motifs is 2. The molecular weight excluding hydrogens is 457 g/mol. The van der Waals surface area contributed by atoms with Gasteiger partial charge in [-0.2, -0.15) is 0 Å². The highest BCUT2D eigenvalue weighted by molar-refractivity contribution is 5.96. The summed E-state index contributed by atoms with van der Waals surface area (Å²) in [7, 11) is 3.20. The molecule has 2 aromatic rings. The van der Waals surface area contributed by atoms with E-state index in [0.29, 0.717) is 43.6 Å². The molecule has 0 saturated carbocycles. The highest BCUT2D eigenvalue weighted by Crippen LogP contribution is 2.31. The molecule has 2 bridgehead atoms. The van der Waals surface area contributed by atoms with E-state index in [0.717, 1.165) is 0 Å². The van der Waals surface area contributed by atoms with Crippen molar-refractivity contribution in [3.8, 4) is 11.5 Å². The van der Waals surface area contributed by atoms with Gasteiger partial charge in [-0.3, -0.25) is 19.0 Å². The van der Waals surface area contributed by atoms with Crippen molar-refractivity contribution in [1.29, 1.82) is 0 Å². The molecule has 2 atom stereocenters. The molecule has 188 valence electrons. The van der Waals surface area contributed by atoms with Crippen LogP contribution in [0.15, 0.2) is 23.0 Å². The highest BCUT2D eigenvalue weighted by atomic mass is 19.1. The second-order valence-corrected chi connectivity index (χ2v) is 9.02. The number of rotatable bonds is 1. The number of carbonyl (C=O) groups is 2. The Bertz CT molecular complexity index is 1180. The number of aryl methyl sites for hydroxylation is 1. The number of halogens is 1. The van der Waals surface area contributed by atoms with Crippen molar-refractivity contribution in [3.05, 3.63) is 51.5 Å². The van der Waals surface area contributed by atoms with Crippen LogP contribution in [0.25, 0.3) is 0 Å². The van der Waals surface area contributed by atoms with Crippen LogP contribution in [0.3, 0.4) is 0 Å². The van der Waals surface area contributed by atoms with Crippen molar-refractivity contribution in [3.63, 3.8) is 0 Å². The lowest BCUT2D eigenvalue weighted by Gasteiger charge is -2.28. The number of methoxy groups -OCH3 is 1.